The van der Waals surface area contributed by atoms with E-state index in [0.29, 0.717) is 47.3 Å². The molecule has 0 saturated carbocycles. The molecule has 158 valence electrons. The van der Waals surface area contributed by atoms with Crippen LogP contribution in [0.4, 0.5) is 9.52 Å². The van der Waals surface area contributed by atoms with Crippen LogP contribution in [-0.2, 0) is 16.0 Å². The molecule has 30 heavy (non-hydrogen) atoms. The molecule has 0 bridgehead atoms. The first-order valence-electron chi connectivity index (χ1n) is 9.67. The minimum Gasteiger partial charge on any atom is -0.361 e. The van der Waals surface area contributed by atoms with Crippen molar-refractivity contribution in [2.24, 2.45) is 0 Å². The predicted molar refractivity (Wildman–Crippen MR) is 111 cm³/mol. The molecule has 8 nitrogen and oxygen atoms in total. The molecule has 0 unspecified atom stereocenters. The van der Waals surface area contributed by atoms with Gasteiger partial charge in [0.2, 0.25) is 11.8 Å². The largest absolute Gasteiger partial charge is 0.361 e. The lowest BCUT2D eigenvalue weighted by atomic mass is 10.1. The van der Waals surface area contributed by atoms with Crippen LogP contribution in [0, 0.1) is 19.7 Å². The van der Waals surface area contributed by atoms with Crippen LogP contribution in [-0.4, -0.2) is 64.5 Å². The molecule has 0 aliphatic carbocycles. The Hall–Kier alpha value is -2.85. The van der Waals surface area contributed by atoms with E-state index in [1.54, 1.807) is 13.0 Å². The summed E-state index contributed by atoms with van der Waals surface area (Å²) < 4.78 is 19.1. The fourth-order valence-electron chi connectivity index (χ4n) is 3.49. The van der Waals surface area contributed by atoms with Crippen molar-refractivity contribution in [2.45, 2.75) is 20.3 Å². The van der Waals surface area contributed by atoms with E-state index in [1.165, 1.54) is 23.5 Å². The summed E-state index contributed by atoms with van der Waals surface area (Å²) in [5.41, 5.74) is 2.24. The van der Waals surface area contributed by atoms with Crippen molar-refractivity contribution in [2.75, 3.05) is 38.0 Å². The van der Waals surface area contributed by atoms with Crippen molar-refractivity contribution in [3.8, 4) is 0 Å². The third-order valence-electron chi connectivity index (χ3n) is 5.20. The van der Waals surface area contributed by atoms with Crippen LogP contribution in [0.5, 0.6) is 0 Å². The number of hydrogen-bond acceptors (Lipinski definition) is 7. The molecule has 0 radical (unpaired) electrons. The lowest BCUT2D eigenvalue weighted by Crippen LogP contribution is -2.50. The highest BCUT2D eigenvalue weighted by atomic mass is 32.1. The number of nitrogens with one attached hydrogen (secondary N) is 1. The maximum atomic E-state index is 13.3. The Kier molecular flexibility index (Phi) is 5.78. The van der Waals surface area contributed by atoms with E-state index in [2.05, 4.69) is 15.5 Å². The standard InChI is InChI=1S/C20H22FN5O3S/c1-12-15(13(2)29-24-12)10-19(28)26-7-5-25(6-8-26)11-18(27)23-20-22-16-4-3-14(21)9-17(16)30-20/h3-4,9H,5-8,10-11H2,1-2H3,(H,22,23,27). The van der Waals surface area contributed by atoms with Crippen LogP contribution < -0.4 is 5.32 Å². The summed E-state index contributed by atoms with van der Waals surface area (Å²) in [6, 6.07) is 4.34. The molecule has 4 rings (SSSR count). The molecular formula is C20H22FN5O3S. The lowest BCUT2D eigenvalue weighted by molar-refractivity contribution is -0.132. The number of aryl methyl sites for hydroxylation is 2. The van der Waals surface area contributed by atoms with E-state index in [4.69, 9.17) is 4.52 Å². The fraction of sp³-hybridized carbons (Fsp3) is 0.400. The minimum atomic E-state index is -0.328. The third kappa shape index (κ3) is 4.49. The van der Waals surface area contributed by atoms with Gasteiger partial charge in [-0.15, -0.1) is 0 Å². The van der Waals surface area contributed by atoms with Gasteiger partial charge in [-0.1, -0.05) is 16.5 Å². The average molecular weight is 431 g/mol. The van der Waals surface area contributed by atoms with Crippen molar-refractivity contribution >= 4 is 38.5 Å². The molecule has 10 heteroatoms. The highest BCUT2D eigenvalue weighted by Crippen LogP contribution is 2.26. The fourth-order valence-corrected chi connectivity index (χ4v) is 4.39. The Balaban J connectivity index is 1.26. The second-order valence-electron chi connectivity index (χ2n) is 7.32. The van der Waals surface area contributed by atoms with Gasteiger partial charge in [-0.25, -0.2) is 9.37 Å². The van der Waals surface area contributed by atoms with Gasteiger partial charge in [0.05, 0.1) is 28.9 Å². The van der Waals surface area contributed by atoms with Crippen molar-refractivity contribution in [1.29, 1.82) is 0 Å². The Morgan fingerprint density at radius 2 is 2.00 bits per heavy atom. The Labute approximate surface area is 176 Å². The first-order valence-corrected chi connectivity index (χ1v) is 10.5. The number of hydrogen-bond donors (Lipinski definition) is 1. The van der Waals surface area contributed by atoms with E-state index in [0.717, 1.165) is 11.3 Å². The van der Waals surface area contributed by atoms with Crippen LogP contribution in [0.3, 0.4) is 0 Å². The van der Waals surface area contributed by atoms with Crippen molar-refractivity contribution in [3.63, 3.8) is 0 Å². The highest BCUT2D eigenvalue weighted by molar-refractivity contribution is 7.22. The van der Waals surface area contributed by atoms with Crippen molar-refractivity contribution in [1.82, 2.24) is 19.9 Å². The van der Waals surface area contributed by atoms with E-state index in [-0.39, 0.29) is 30.6 Å². The molecule has 1 aliphatic heterocycles. The van der Waals surface area contributed by atoms with Gasteiger partial charge < -0.3 is 14.7 Å². The van der Waals surface area contributed by atoms with Gasteiger partial charge in [0, 0.05) is 31.7 Å². The van der Waals surface area contributed by atoms with Gasteiger partial charge >= 0.3 is 0 Å². The Morgan fingerprint density at radius 1 is 1.23 bits per heavy atom. The first kappa shape index (κ1) is 20.4. The maximum absolute atomic E-state index is 13.3. The number of piperazine rings is 1. The number of carbonyl (C=O) groups is 2. The molecule has 1 saturated heterocycles. The smallest absolute Gasteiger partial charge is 0.240 e. The summed E-state index contributed by atoms with van der Waals surface area (Å²) in [5.74, 6) is 0.208. The monoisotopic (exact) mass is 431 g/mol. The molecule has 0 spiro atoms. The minimum absolute atomic E-state index is 0.0372. The van der Waals surface area contributed by atoms with E-state index >= 15 is 0 Å². The summed E-state index contributed by atoms with van der Waals surface area (Å²) in [6.07, 6.45) is 0.278. The van der Waals surface area contributed by atoms with Gasteiger partial charge in [-0.2, -0.15) is 0 Å². The van der Waals surface area contributed by atoms with Crippen LogP contribution >= 0.6 is 11.3 Å². The first-order chi connectivity index (χ1) is 14.4. The molecule has 1 aromatic carbocycles. The van der Waals surface area contributed by atoms with E-state index < -0.39 is 0 Å². The zero-order valence-electron chi connectivity index (χ0n) is 16.8. The number of fused-ring (bicyclic) bond motifs is 1. The van der Waals surface area contributed by atoms with E-state index in [1.807, 2.05) is 16.7 Å². The normalized spacial score (nSPS) is 15.0. The number of rotatable bonds is 5. The second kappa shape index (κ2) is 8.49. The molecule has 1 N–H and O–H groups in total. The summed E-state index contributed by atoms with van der Waals surface area (Å²) >= 11 is 1.24. The van der Waals surface area contributed by atoms with Gasteiger partial charge in [-0.3, -0.25) is 14.5 Å². The summed E-state index contributed by atoms with van der Waals surface area (Å²) in [4.78, 5) is 33.1. The summed E-state index contributed by atoms with van der Waals surface area (Å²) in [5, 5.41) is 7.12. The number of nitrogens with zero attached hydrogens (tertiary/aromatic N) is 4. The Bertz CT molecular complexity index is 1070. The van der Waals surface area contributed by atoms with Gasteiger partial charge in [0.25, 0.3) is 0 Å². The van der Waals surface area contributed by atoms with Gasteiger partial charge in [0.15, 0.2) is 5.13 Å². The molecule has 3 aromatic rings. The van der Waals surface area contributed by atoms with Crippen LogP contribution in [0.25, 0.3) is 10.2 Å². The third-order valence-corrected chi connectivity index (χ3v) is 6.13. The van der Waals surface area contributed by atoms with Crippen molar-refractivity contribution in [3.05, 3.63) is 41.0 Å². The average Bonchev–Trinajstić information content (AvgIpc) is 3.25. The maximum Gasteiger partial charge on any atom is 0.240 e. The molecule has 1 fully saturated rings. The summed E-state index contributed by atoms with van der Waals surface area (Å²) in [7, 11) is 0. The number of carbonyl (C=O) groups excluding carboxylic acids is 2. The topological polar surface area (TPSA) is 91.6 Å². The van der Waals surface area contributed by atoms with Crippen LogP contribution in [0.15, 0.2) is 22.7 Å². The number of aromatic nitrogens is 2. The number of benzene rings is 1. The zero-order chi connectivity index (χ0) is 21.3. The number of anilines is 1. The predicted octanol–water partition coefficient (Wildman–Crippen LogP) is 2.37. The molecular weight excluding hydrogens is 409 g/mol. The van der Waals surface area contributed by atoms with Gasteiger partial charge in [-0.05, 0) is 32.0 Å². The number of thiazole rings is 1. The molecule has 1 aliphatic rings. The SMILES string of the molecule is Cc1noc(C)c1CC(=O)N1CCN(CC(=O)Nc2nc3ccc(F)cc3s2)CC1. The molecule has 3 heterocycles. The zero-order valence-corrected chi connectivity index (χ0v) is 17.6. The molecule has 0 atom stereocenters. The number of halogens is 1. The Morgan fingerprint density at radius 3 is 2.70 bits per heavy atom. The van der Waals surface area contributed by atoms with Crippen molar-refractivity contribution < 1.29 is 18.5 Å². The van der Waals surface area contributed by atoms with Gasteiger partial charge in [0.1, 0.15) is 11.6 Å². The highest BCUT2D eigenvalue weighted by Gasteiger charge is 2.24. The molecule has 2 aromatic heterocycles. The number of amides is 2. The lowest BCUT2D eigenvalue weighted by Gasteiger charge is -2.34. The van der Waals surface area contributed by atoms with E-state index in [9.17, 15) is 14.0 Å². The molecule has 2 amide bonds. The second-order valence-corrected chi connectivity index (χ2v) is 8.35. The quantitative estimate of drug-likeness (QED) is 0.667. The summed E-state index contributed by atoms with van der Waals surface area (Å²) in [6.45, 7) is 6.22. The van der Waals surface area contributed by atoms with Crippen LogP contribution in [0.1, 0.15) is 17.0 Å². The van der Waals surface area contributed by atoms with Crippen LogP contribution in [0.2, 0.25) is 0 Å².